The van der Waals surface area contributed by atoms with E-state index >= 15 is 0 Å². The Morgan fingerprint density at radius 3 is 2.93 bits per heavy atom. The van der Waals surface area contributed by atoms with Crippen LogP contribution in [0.4, 0.5) is 0 Å². The van der Waals surface area contributed by atoms with Crippen molar-refractivity contribution in [1.29, 1.82) is 0 Å². The number of hydrogen-bond acceptors (Lipinski definition) is 3. The first-order chi connectivity index (χ1) is 6.70. The summed E-state index contributed by atoms with van der Waals surface area (Å²) in [6.45, 7) is 2.49. The lowest BCUT2D eigenvalue weighted by Crippen LogP contribution is -1.90. The Hall–Kier alpha value is -0.930. The topological polar surface area (TPSA) is 29.5 Å². The summed E-state index contributed by atoms with van der Waals surface area (Å²) < 4.78 is 6.92. The van der Waals surface area contributed by atoms with Crippen LogP contribution in [-0.2, 0) is 0 Å². The summed E-state index contributed by atoms with van der Waals surface area (Å²) >= 11 is 7.28. The SMILES string of the molecule is CCOc1cc(O)c2cc(Cl)sc2c1. The van der Waals surface area contributed by atoms with E-state index < -0.39 is 0 Å². The molecule has 0 fully saturated rings. The molecule has 0 saturated carbocycles. The minimum atomic E-state index is 0.217. The van der Waals surface area contributed by atoms with Crippen LogP contribution in [0.15, 0.2) is 18.2 Å². The van der Waals surface area contributed by atoms with Crippen molar-refractivity contribution in [3.8, 4) is 11.5 Å². The van der Waals surface area contributed by atoms with Crippen LogP contribution < -0.4 is 4.74 Å². The summed E-state index contributed by atoms with van der Waals surface area (Å²) in [5, 5.41) is 10.4. The second kappa shape index (κ2) is 3.67. The maximum atomic E-state index is 9.66. The average molecular weight is 229 g/mol. The van der Waals surface area contributed by atoms with Crippen LogP contribution in [-0.4, -0.2) is 11.7 Å². The van der Waals surface area contributed by atoms with Crippen molar-refractivity contribution in [3.05, 3.63) is 22.5 Å². The first-order valence-electron chi connectivity index (χ1n) is 4.25. The first kappa shape index (κ1) is 9.62. The lowest BCUT2D eigenvalue weighted by Gasteiger charge is -2.03. The second-order valence-corrected chi connectivity index (χ2v) is 4.55. The van der Waals surface area contributed by atoms with Gasteiger partial charge in [0.2, 0.25) is 0 Å². The fraction of sp³-hybridized carbons (Fsp3) is 0.200. The summed E-state index contributed by atoms with van der Waals surface area (Å²) in [6.07, 6.45) is 0. The number of benzene rings is 1. The maximum absolute atomic E-state index is 9.66. The predicted octanol–water partition coefficient (Wildman–Crippen LogP) is 3.66. The summed E-state index contributed by atoms with van der Waals surface area (Å²) in [4.78, 5) is 0. The molecule has 1 aromatic carbocycles. The molecule has 0 radical (unpaired) electrons. The number of aromatic hydroxyl groups is 1. The number of halogens is 1. The molecule has 0 amide bonds. The van der Waals surface area contributed by atoms with Crippen molar-refractivity contribution in [1.82, 2.24) is 0 Å². The molecular formula is C10H9ClO2S. The highest BCUT2D eigenvalue weighted by molar-refractivity contribution is 7.22. The van der Waals surface area contributed by atoms with E-state index in [1.165, 1.54) is 11.3 Å². The van der Waals surface area contributed by atoms with Crippen LogP contribution in [0.5, 0.6) is 11.5 Å². The lowest BCUT2D eigenvalue weighted by atomic mass is 10.2. The van der Waals surface area contributed by atoms with Gasteiger partial charge in [-0.2, -0.15) is 0 Å². The molecule has 74 valence electrons. The minimum absolute atomic E-state index is 0.217. The van der Waals surface area contributed by atoms with Gasteiger partial charge < -0.3 is 9.84 Å². The zero-order chi connectivity index (χ0) is 10.1. The Kier molecular flexibility index (Phi) is 2.52. The van der Waals surface area contributed by atoms with Crippen molar-refractivity contribution in [2.45, 2.75) is 6.92 Å². The summed E-state index contributed by atoms with van der Waals surface area (Å²) in [6, 6.07) is 5.25. The number of phenolic OH excluding ortho intramolecular Hbond substituents is 1. The number of hydrogen-bond donors (Lipinski definition) is 1. The van der Waals surface area contributed by atoms with Gasteiger partial charge in [0.05, 0.1) is 10.9 Å². The van der Waals surface area contributed by atoms with Crippen molar-refractivity contribution < 1.29 is 9.84 Å². The van der Waals surface area contributed by atoms with E-state index in [1.54, 1.807) is 12.1 Å². The van der Waals surface area contributed by atoms with Gasteiger partial charge in [0.25, 0.3) is 0 Å². The highest BCUT2D eigenvalue weighted by Gasteiger charge is 2.07. The fourth-order valence-electron chi connectivity index (χ4n) is 1.31. The van der Waals surface area contributed by atoms with Gasteiger partial charge in [-0.05, 0) is 19.1 Å². The molecular weight excluding hydrogens is 220 g/mol. The molecule has 4 heteroatoms. The summed E-state index contributed by atoms with van der Waals surface area (Å²) in [7, 11) is 0. The quantitative estimate of drug-likeness (QED) is 0.850. The average Bonchev–Trinajstić information content (AvgIpc) is 2.47. The molecule has 1 N–H and O–H groups in total. The number of rotatable bonds is 2. The number of phenols is 1. The Morgan fingerprint density at radius 2 is 2.21 bits per heavy atom. The molecule has 1 heterocycles. The zero-order valence-corrected chi connectivity index (χ0v) is 9.15. The van der Waals surface area contributed by atoms with Gasteiger partial charge in [-0.25, -0.2) is 0 Å². The van der Waals surface area contributed by atoms with Gasteiger partial charge in [-0.3, -0.25) is 0 Å². The monoisotopic (exact) mass is 228 g/mol. The maximum Gasteiger partial charge on any atom is 0.128 e. The minimum Gasteiger partial charge on any atom is -0.507 e. The molecule has 0 bridgehead atoms. The Morgan fingerprint density at radius 1 is 1.43 bits per heavy atom. The predicted molar refractivity (Wildman–Crippen MR) is 59.7 cm³/mol. The van der Waals surface area contributed by atoms with E-state index in [0.717, 1.165) is 10.1 Å². The Bertz CT molecular complexity index is 464. The van der Waals surface area contributed by atoms with E-state index in [4.69, 9.17) is 16.3 Å². The summed E-state index contributed by atoms with van der Waals surface area (Å²) in [5.74, 6) is 0.894. The smallest absolute Gasteiger partial charge is 0.128 e. The Labute approximate surface area is 90.7 Å². The molecule has 0 atom stereocenters. The van der Waals surface area contributed by atoms with Crippen LogP contribution in [0.3, 0.4) is 0 Å². The molecule has 1 aromatic heterocycles. The molecule has 0 unspecified atom stereocenters. The van der Waals surface area contributed by atoms with Gasteiger partial charge in [-0.15, -0.1) is 11.3 Å². The van der Waals surface area contributed by atoms with Crippen LogP contribution >= 0.6 is 22.9 Å². The van der Waals surface area contributed by atoms with E-state index in [1.807, 2.05) is 13.0 Å². The number of thiophene rings is 1. The van der Waals surface area contributed by atoms with E-state index in [9.17, 15) is 5.11 Å². The standard InChI is InChI=1S/C10H9ClO2S/c1-2-13-6-3-8(12)7-5-10(11)14-9(7)4-6/h3-5,12H,2H2,1H3. The molecule has 2 rings (SSSR count). The van der Waals surface area contributed by atoms with Gasteiger partial charge in [0, 0.05) is 16.2 Å². The third-order valence-electron chi connectivity index (χ3n) is 1.87. The highest BCUT2D eigenvalue weighted by Crippen LogP contribution is 2.37. The first-order valence-corrected chi connectivity index (χ1v) is 5.45. The highest BCUT2D eigenvalue weighted by atomic mass is 35.5. The third-order valence-corrected chi connectivity index (χ3v) is 3.08. The molecule has 0 aliphatic heterocycles. The molecule has 14 heavy (non-hydrogen) atoms. The van der Waals surface area contributed by atoms with E-state index in [-0.39, 0.29) is 5.75 Å². The van der Waals surface area contributed by atoms with Gasteiger partial charge in [0.15, 0.2) is 0 Å². The normalized spacial score (nSPS) is 10.7. The van der Waals surface area contributed by atoms with Crippen LogP contribution in [0, 0.1) is 0 Å². The van der Waals surface area contributed by atoms with Crippen LogP contribution in [0.25, 0.3) is 10.1 Å². The van der Waals surface area contributed by atoms with Crippen LogP contribution in [0.2, 0.25) is 4.34 Å². The van der Waals surface area contributed by atoms with Crippen molar-refractivity contribution >= 4 is 33.0 Å². The number of fused-ring (bicyclic) bond motifs is 1. The molecule has 0 saturated heterocycles. The zero-order valence-electron chi connectivity index (χ0n) is 7.58. The molecule has 2 nitrogen and oxygen atoms in total. The van der Waals surface area contributed by atoms with Gasteiger partial charge in [0.1, 0.15) is 11.5 Å². The van der Waals surface area contributed by atoms with E-state index in [2.05, 4.69) is 0 Å². The largest absolute Gasteiger partial charge is 0.507 e. The Balaban J connectivity index is 2.59. The third kappa shape index (κ3) is 1.65. The van der Waals surface area contributed by atoms with Crippen molar-refractivity contribution in [2.24, 2.45) is 0 Å². The van der Waals surface area contributed by atoms with Gasteiger partial charge >= 0.3 is 0 Å². The van der Waals surface area contributed by atoms with Crippen molar-refractivity contribution in [2.75, 3.05) is 6.61 Å². The molecule has 0 spiro atoms. The second-order valence-electron chi connectivity index (χ2n) is 2.84. The fourth-order valence-corrected chi connectivity index (χ4v) is 2.51. The van der Waals surface area contributed by atoms with Gasteiger partial charge in [-0.1, -0.05) is 11.6 Å². The van der Waals surface area contributed by atoms with Crippen LogP contribution in [0.1, 0.15) is 6.92 Å². The number of ether oxygens (including phenoxy) is 1. The lowest BCUT2D eigenvalue weighted by molar-refractivity contribution is 0.338. The molecule has 0 aliphatic carbocycles. The summed E-state index contributed by atoms with van der Waals surface area (Å²) in [5.41, 5.74) is 0. The molecule has 0 aliphatic rings. The van der Waals surface area contributed by atoms with E-state index in [0.29, 0.717) is 16.7 Å². The molecule has 2 aromatic rings. The van der Waals surface area contributed by atoms with Crippen molar-refractivity contribution in [3.63, 3.8) is 0 Å².